The van der Waals surface area contributed by atoms with Gasteiger partial charge in [0.15, 0.2) is 0 Å². The number of para-hydroxylation sites is 1. The molecule has 0 aliphatic carbocycles. The number of halogens is 1. The van der Waals surface area contributed by atoms with Crippen LogP contribution in [0.1, 0.15) is 29.5 Å². The van der Waals surface area contributed by atoms with E-state index in [2.05, 4.69) is 17.3 Å². The third kappa shape index (κ3) is 5.11. The molecule has 3 heterocycles. The summed E-state index contributed by atoms with van der Waals surface area (Å²) in [6.45, 7) is 4.82. The Balaban J connectivity index is 1.47. The maximum absolute atomic E-state index is 14.1. The smallest absolute Gasteiger partial charge is 0.329 e. The van der Waals surface area contributed by atoms with Crippen molar-refractivity contribution >= 4 is 34.8 Å². The van der Waals surface area contributed by atoms with Gasteiger partial charge >= 0.3 is 6.03 Å². The Kier molecular flexibility index (Phi) is 7.63. The summed E-state index contributed by atoms with van der Waals surface area (Å²) in [6, 6.07) is 13.5. The van der Waals surface area contributed by atoms with Crippen LogP contribution in [0, 0.1) is 6.92 Å². The van der Waals surface area contributed by atoms with Crippen molar-refractivity contribution in [1.82, 2.24) is 9.88 Å². The number of urea groups is 1. The van der Waals surface area contributed by atoms with Crippen molar-refractivity contribution in [1.29, 1.82) is 0 Å². The predicted molar refractivity (Wildman–Crippen MR) is 152 cm³/mol. The van der Waals surface area contributed by atoms with Crippen LogP contribution in [-0.4, -0.2) is 56.3 Å². The van der Waals surface area contributed by atoms with Crippen molar-refractivity contribution < 1.29 is 14.3 Å². The maximum Gasteiger partial charge on any atom is 0.329 e. The van der Waals surface area contributed by atoms with Gasteiger partial charge in [0.1, 0.15) is 17.3 Å². The second kappa shape index (κ2) is 11.1. The van der Waals surface area contributed by atoms with Crippen LogP contribution in [-0.2, 0) is 13.1 Å². The molecule has 38 heavy (non-hydrogen) atoms. The quantitative estimate of drug-likeness (QED) is 0.417. The molecule has 200 valence electrons. The first-order chi connectivity index (χ1) is 18.4. The van der Waals surface area contributed by atoms with E-state index in [1.165, 1.54) is 0 Å². The highest BCUT2D eigenvalue weighted by Gasteiger charge is 2.38. The van der Waals surface area contributed by atoms with E-state index in [1.54, 1.807) is 19.1 Å². The molecule has 0 saturated carbocycles. The highest BCUT2D eigenvalue weighted by Crippen LogP contribution is 2.39. The molecule has 8 nitrogen and oxygen atoms in total. The number of piperidine rings is 1. The number of ether oxygens (including phenoxy) is 2. The van der Waals surface area contributed by atoms with E-state index >= 15 is 0 Å². The standard InChI is InChI=1S/C29H34ClN5O3/c1-19-6-5-7-24(30)28(19)34-18-21-17-32-27(31-16-20-8-9-23(37-3)14-26(20)38-4)15-25(21)35(29(34)36)22-10-12-33(2)13-11-22/h5-9,14-15,17,22H,10-13,16,18H2,1-4H3,(H,31,32). The Morgan fingerprint density at radius 2 is 1.89 bits per heavy atom. The monoisotopic (exact) mass is 535 g/mol. The third-order valence-electron chi connectivity index (χ3n) is 7.45. The lowest BCUT2D eigenvalue weighted by molar-refractivity contribution is 0.229. The number of hydrogen-bond donors (Lipinski definition) is 1. The second-order valence-electron chi connectivity index (χ2n) is 9.91. The van der Waals surface area contributed by atoms with Gasteiger partial charge in [-0.1, -0.05) is 23.7 Å². The fourth-order valence-electron chi connectivity index (χ4n) is 5.32. The molecule has 0 radical (unpaired) electrons. The Hall–Kier alpha value is -3.49. The molecule has 0 spiro atoms. The van der Waals surface area contributed by atoms with Crippen molar-refractivity contribution in [2.24, 2.45) is 0 Å². The zero-order valence-corrected chi connectivity index (χ0v) is 23.1. The number of methoxy groups -OCH3 is 2. The molecule has 1 aromatic heterocycles. The summed E-state index contributed by atoms with van der Waals surface area (Å²) < 4.78 is 10.9. The number of amides is 2. The number of fused-ring (bicyclic) bond motifs is 1. The number of nitrogens with one attached hydrogen (secondary N) is 1. The van der Waals surface area contributed by atoms with E-state index in [1.807, 2.05) is 60.5 Å². The number of carbonyl (C=O) groups excluding carboxylic acids is 1. The van der Waals surface area contributed by atoms with Crippen LogP contribution in [0.2, 0.25) is 5.02 Å². The number of rotatable bonds is 7. The first-order valence-electron chi connectivity index (χ1n) is 12.9. The van der Waals surface area contributed by atoms with Crippen LogP contribution in [0.5, 0.6) is 11.5 Å². The number of anilines is 3. The van der Waals surface area contributed by atoms with E-state index in [9.17, 15) is 4.79 Å². The molecular weight excluding hydrogens is 502 g/mol. The average molecular weight is 536 g/mol. The van der Waals surface area contributed by atoms with Crippen LogP contribution < -0.4 is 24.6 Å². The van der Waals surface area contributed by atoms with Gasteiger partial charge in [-0.2, -0.15) is 0 Å². The summed E-state index contributed by atoms with van der Waals surface area (Å²) in [5.41, 5.74) is 4.62. The first kappa shape index (κ1) is 26.1. The Labute approximate surface area is 229 Å². The minimum atomic E-state index is -0.0442. The highest BCUT2D eigenvalue weighted by molar-refractivity contribution is 6.34. The number of hydrogen-bond acceptors (Lipinski definition) is 6. The molecular formula is C29H34ClN5O3. The Bertz CT molecular complexity index is 1310. The fourth-order valence-corrected chi connectivity index (χ4v) is 5.64. The van der Waals surface area contributed by atoms with Crippen molar-refractivity contribution in [2.75, 3.05) is 49.5 Å². The molecule has 2 aliphatic rings. The van der Waals surface area contributed by atoms with Gasteiger partial charge in [0.2, 0.25) is 0 Å². The summed E-state index contributed by atoms with van der Waals surface area (Å²) in [5.74, 6) is 2.18. The van der Waals surface area contributed by atoms with Gasteiger partial charge in [0, 0.05) is 42.0 Å². The van der Waals surface area contributed by atoms with Gasteiger partial charge < -0.3 is 19.7 Å². The SMILES string of the molecule is COc1ccc(CNc2cc3c(cn2)CN(c2c(C)cccc2Cl)C(=O)N3C2CCN(C)CC2)c(OC)c1. The number of pyridine rings is 1. The summed E-state index contributed by atoms with van der Waals surface area (Å²) in [6.07, 6.45) is 3.69. The van der Waals surface area contributed by atoms with Gasteiger partial charge in [-0.3, -0.25) is 9.80 Å². The number of nitrogens with zero attached hydrogens (tertiary/aromatic N) is 4. The van der Waals surface area contributed by atoms with Gasteiger partial charge in [-0.15, -0.1) is 0 Å². The zero-order chi connectivity index (χ0) is 26.8. The Morgan fingerprint density at radius 1 is 1.11 bits per heavy atom. The number of likely N-dealkylation sites (tertiary alicyclic amines) is 1. The molecule has 1 N–H and O–H groups in total. The van der Waals surface area contributed by atoms with Crippen molar-refractivity contribution in [3.05, 3.63) is 70.4 Å². The van der Waals surface area contributed by atoms with Crippen LogP contribution in [0.25, 0.3) is 0 Å². The van der Waals surface area contributed by atoms with Crippen LogP contribution >= 0.6 is 11.6 Å². The number of carbonyl (C=O) groups is 1. The minimum Gasteiger partial charge on any atom is -0.497 e. The van der Waals surface area contributed by atoms with E-state index in [0.717, 1.165) is 65.5 Å². The van der Waals surface area contributed by atoms with Crippen molar-refractivity contribution in [2.45, 2.75) is 38.9 Å². The zero-order valence-electron chi connectivity index (χ0n) is 22.3. The van der Waals surface area contributed by atoms with Gasteiger partial charge in [0.05, 0.1) is 37.2 Å². The lowest BCUT2D eigenvalue weighted by Gasteiger charge is -2.44. The van der Waals surface area contributed by atoms with Crippen molar-refractivity contribution in [3.63, 3.8) is 0 Å². The average Bonchev–Trinajstić information content (AvgIpc) is 2.92. The van der Waals surface area contributed by atoms with Crippen LogP contribution in [0.3, 0.4) is 0 Å². The van der Waals surface area contributed by atoms with E-state index < -0.39 is 0 Å². The van der Waals surface area contributed by atoms with Gasteiger partial charge in [-0.25, -0.2) is 9.78 Å². The van der Waals surface area contributed by atoms with E-state index in [4.69, 9.17) is 26.1 Å². The first-order valence-corrected chi connectivity index (χ1v) is 13.3. The molecule has 9 heteroatoms. The van der Waals surface area contributed by atoms with Gasteiger partial charge in [0.25, 0.3) is 0 Å². The van der Waals surface area contributed by atoms with E-state index in [-0.39, 0.29) is 12.1 Å². The number of benzene rings is 2. The minimum absolute atomic E-state index is 0.0442. The molecule has 3 aromatic rings. The molecule has 0 atom stereocenters. The topological polar surface area (TPSA) is 70.2 Å². The van der Waals surface area contributed by atoms with Crippen LogP contribution in [0.4, 0.5) is 22.0 Å². The molecule has 2 aliphatic heterocycles. The number of aryl methyl sites for hydroxylation is 1. The molecule has 0 unspecified atom stereocenters. The molecule has 1 fully saturated rings. The lowest BCUT2D eigenvalue weighted by atomic mass is 10.00. The summed E-state index contributed by atoms with van der Waals surface area (Å²) in [5, 5.41) is 3.99. The molecule has 2 amide bonds. The van der Waals surface area contributed by atoms with Crippen molar-refractivity contribution in [3.8, 4) is 11.5 Å². The number of aromatic nitrogens is 1. The second-order valence-corrected chi connectivity index (χ2v) is 10.3. The third-order valence-corrected chi connectivity index (χ3v) is 7.76. The summed E-state index contributed by atoms with van der Waals surface area (Å²) >= 11 is 6.61. The maximum atomic E-state index is 14.1. The largest absolute Gasteiger partial charge is 0.497 e. The summed E-state index contributed by atoms with van der Waals surface area (Å²) in [4.78, 5) is 24.9. The highest BCUT2D eigenvalue weighted by atomic mass is 35.5. The van der Waals surface area contributed by atoms with E-state index in [0.29, 0.717) is 23.9 Å². The van der Waals surface area contributed by atoms with Crippen LogP contribution in [0.15, 0.2) is 48.7 Å². The molecule has 1 saturated heterocycles. The Morgan fingerprint density at radius 3 is 2.61 bits per heavy atom. The lowest BCUT2D eigenvalue weighted by Crippen LogP contribution is -2.54. The fraction of sp³-hybridized carbons (Fsp3) is 0.379. The molecule has 0 bridgehead atoms. The van der Waals surface area contributed by atoms with Gasteiger partial charge in [-0.05, 0) is 63.7 Å². The molecule has 5 rings (SSSR count). The predicted octanol–water partition coefficient (Wildman–Crippen LogP) is 5.71. The molecule has 2 aromatic carbocycles. The summed E-state index contributed by atoms with van der Waals surface area (Å²) in [7, 11) is 5.41. The normalized spacial score (nSPS) is 16.4.